The Bertz CT molecular complexity index is 4090. The van der Waals surface area contributed by atoms with Gasteiger partial charge in [-0.05, 0) is 156 Å². The summed E-state index contributed by atoms with van der Waals surface area (Å²) in [6.07, 6.45) is 7.68. The first-order valence-electron chi connectivity index (χ1n) is 23.8. The number of rotatable bonds is 4. The molecule has 0 aliphatic heterocycles. The van der Waals surface area contributed by atoms with Gasteiger partial charge in [0, 0.05) is 66.9 Å². The van der Waals surface area contributed by atoms with Gasteiger partial charge in [0.1, 0.15) is 11.6 Å². The van der Waals surface area contributed by atoms with Gasteiger partial charge in [0.05, 0.1) is 44.1 Å². The zero-order chi connectivity index (χ0) is 44.2. The van der Waals surface area contributed by atoms with Crippen LogP contribution in [0, 0.1) is 0 Å². The summed E-state index contributed by atoms with van der Waals surface area (Å²) in [6, 6.07) is 67.0. The lowest BCUT2D eigenvalue weighted by molar-refractivity contribution is 0.881. The van der Waals surface area contributed by atoms with E-state index in [1.807, 2.05) is 24.5 Å². The second-order valence-electron chi connectivity index (χ2n) is 18.8. The van der Waals surface area contributed by atoms with Crippen molar-refractivity contribution in [1.29, 1.82) is 0 Å². The maximum atomic E-state index is 5.04. The Labute approximate surface area is 390 Å². The van der Waals surface area contributed by atoms with Crippen molar-refractivity contribution in [2.75, 3.05) is 0 Å². The predicted molar refractivity (Wildman–Crippen MR) is 280 cm³/mol. The first kappa shape index (κ1) is 36.5. The van der Waals surface area contributed by atoms with Gasteiger partial charge in [0.15, 0.2) is 0 Å². The molecule has 318 valence electrons. The molecule has 16 rings (SSSR count). The van der Waals surface area contributed by atoms with Gasteiger partial charge in [-0.25, -0.2) is 9.97 Å². The van der Waals surface area contributed by atoms with E-state index in [2.05, 4.69) is 188 Å². The third-order valence-corrected chi connectivity index (χ3v) is 15.4. The van der Waals surface area contributed by atoms with Gasteiger partial charge in [-0.3, -0.25) is 9.13 Å². The molecule has 6 heteroatoms. The van der Waals surface area contributed by atoms with Crippen molar-refractivity contribution in [3.8, 4) is 34.1 Å². The molecule has 0 bridgehead atoms. The van der Waals surface area contributed by atoms with Gasteiger partial charge in [-0.15, -0.1) is 0 Å². The van der Waals surface area contributed by atoms with Crippen molar-refractivity contribution in [2.24, 2.45) is 0 Å². The molecule has 2 aliphatic carbocycles. The van der Waals surface area contributed by atoms with Gasteiger partial charge in [-0.1, -0.05) is 84.9 Å². The molecule has 6 aromatic heterocycles. The van der Waals surface area contributed by atoms with Crippen LogP contribution in [0.3, 0.4) is 0 Å². The third-order valence-electron chi connectivity index (χ3n) is 15.4. The van der Waals surface area contributed by atoms with E-state index in [-0.39, 0.29) is 0 Å². The van der Waals surface area contributed by atoms with Crippen LogP contribution in [-0.4, -0.2) is 28.2 Å². The van der Waals surface area contributed by atoms with E-state index >= 15 is 0 Å². The molecule has 68 heavy (non-hydrogen) atoms. The summed E-state index contributed by atoms with van der Waals surface area (Å²) in [6.45, 7) is 0. The maximum Gasteiger partial charge on any atom is 0.137 e. The van der Waals surface area contributed by atoms with Crippen LogP contribution >= 0.6 is 0 Å². The molecule has 0 fully saturated rings. The molecule has 0 atom stereocenters. The second kappa shape index (κ2) is 13.4. The monoisotopic (exact) mass is 868 g/mol. The third kappa shape index (κ3) is 4.75. The fourth-order valence-electron chi connectivity index (χ4n) is 12.8. The van der Waals surface area contributed by atoms with Crippen molar-refractivity contribution in [3.05, 3.63) is 217 Å². The molecule has 0 unspecified atom stereocenters. The highest BCUT2D eigenvalue weighted by Crippen LogP contribution is 2.51. The first-order valence-corrected chi connectivity index (χ1v) is 23.8. The van der Waals surface area contributed by atoms with Crippen LogP contribution in [0.1, 0.15) is 22.3 Å². The molecule has 0 saturated carbocycles. The first-order chi connectivity index (χ1) is 33.8. The summed E-state index contributed by atoms with van der Waals surface area (Å²) in [7, 11) is 0. The fourth-order valence-corrected chi connectivity index (χ4v) is 12.8. The number of hydrogen-bond acceptors (Lipinski definition) is 2. The van der Waals surface area contributed by atoms with E-state index in [0.717, 1.165) is 37.3 Å². The molecule has 0 N–H and O–H groups in total. The normalized spacial score (nSPS) is 13.4. The molecule has 0 radical (unpaired) electrons. The average molecular weight is 869 g/mol. The number of aromatic nitrogens is 6. The van der Waals surface area contributed by atoms with E-state index in [4.69, 9.17) is 9.97 Å². The summed E-state index contributed by atoms with van der Waals surface area (Å²) >= 11 is 0. The number of hydrogen-bond donors (Lipinski definition) is 0. The smallest absolute Gasteiger partial charge is 0.137 e. The van der Waals surface area contributed by atoms with Crippen molar-refractivity contribution in [1.82, 2.24) is 28.2 Å². The van der Waals surface area contributed by atoms with Gasteiger partial charge >= 0.3 is 0 Å². The van der Waals surface area contributed by atoms with Crippen molar-refractivity contribution < 1.29 is 0 Å². The summed E-state index contributed by atoms with van der Waals surface area (Å²) in [5.41, 5.74) is 20.7. The van der Waals surface area contributed by atoms with E-state index in [9.17, 15) is 0 Å². The summed E-state index contributed by atoms with van der Waals surface area (Å²) in [4.78, 5) is 10.1. The molecule has 6 heterocycles. The van der Waals surface area contributed by atoms with Gasteiger partial charge < -0.3 is 9.13 Å². The Morgan fingerprint density at radius 3 is 1.04 bits per heavy atom. The Hall–Kier alpha value is -8.74. The van der Waals surface area contributed by atoms with Gasteiger partial charge in [-0.2, -0.15) is 0 Å². The van der Waals surface area contributed by atoms with E-state index in [1.165, 1.54) is 132 Å². The highest BCUT2D eigenvalue weighted by atomic mass is 15.1. The minimum Gasteiger partial charge on any atom is -0.309 e. The van der Waals surface area contributed by atoms with Crippen LogP contribution in [0.4, 0.5) is 0 Å². The number of benzene rings is 8. The molecular weight excluding hydrogens is 829 g/mol. The van der Waals surface area contributed by atoms with Crippen molar-refractivity contribution in [2.45, 2.75) is 25.7 Å². The van der Waals surface area contributed by atoms with Crippen LogP contribution in [0.2, 0.25) is 0 Å². The fraction of sp³-hybridized carbons (Fsp3) is 0.0645. The molecule has 2 aliphatic rings. The molecule has 8 aromatic carbocycles. The Balaban J connectivity index is 0.972. The lowest BCUT2D eigenvalue weighted by atomic mass is 9.74. The van der Waals surface area contributed by atoms with Crippen LogP contribution in [-0.2, 0) is 25.7 Å². The molecular formula is C62H40N6. The lowest BCUT2D eigenvalue weighted by Crippen LogP contribution is -2.16. The Kier molecular flexibility index (Phi) is 7.20. The standard InChI is InChI=1S/C62H40N6/c1-5-17-51-41(13-1)42-14-2-6-18-52(42)65(51)39-25-29-55-47(35-39)49-33-37-23-28-46-60-38(24-27-45(59(37)60)61(49)67(55)57-21-9-11-31-63-57)34-50-48-36-40(26-30-56(48)68(62(46)50)58-22-10-12-32-64-58)66-53-19-7-3-15-43(53)44-16-4-8-20-54(44)66/h1-22,25-26,29-36H,23-24,27-28H2. The lowest BCUT2D eigenvalue weighted by Gasteiger charge is -2.31. The maximum absolute atomic E-state index is 5.04. The minimum absolute atomic E-state index is 0.944. The molecule has 6 nitrogen and oxygen atoms in total. The molecule has 14 aromatic rings. The zero-order valence-corrected chi connectivity index (χ0v) is 37.0. The van der Waals surface area contributed by atoms with E-state index < -0.39 is 0 Å². The highest BCUT2D eigenvalue weighted by Gasteiger charge is 2.33. The Morgan fingerprint density at radius 1 is 0.294 bits per heavy atom. The molecule has 0 saturated heterocycles. The van der Waals surface area contributed by atoms with Crippen LogP contribution in [0.5, 0.6) is 0 Å². The number of pyridine rings is 2. The minimum atomic E-state index is 0.944. The number of fused-ring (bicyclic) bond motifs is 14. The SMILES string of the molecule is c1ccc(-n2c3ccc(-n4c5ccccc5c5ccccc54)cc3c3cc4c5c(c32)CCc2cc3c6cc(-n7c8ccccc8c8ccccc87)ccc6n(-c6ccccn6)c3c(c2-5)CC4)nc1. The molecule has 0 spiro atoms. The van der Waals surface area contributed by atoms with Crippen LogP contribution in [0.25, 0.3) is 121 Å². The second-order valence-corrected chi connectivity index (χ2v) is 18.8. The quantitative estimate of drug-likeness (QED) is 0.177. The highest BCUT2D eigenvalue weighted by molar-refractivity contribution is 6.17. The van der Waals surface area contributed by atoms with E-state index in [0.29, 0.717) is 0 Å². The number of nitrogens with zero attached hydrogens (tertiary/aromatic N) is 6. The summed E-state index contributed by atoms with van der Waals surface area (Å²) in [5, 5.41) is 10.2. The summed E-state index contributed by atoms with van der Waals surface area (Å²) < 4.78 is 9.79. The van der Waals surface area contributed by atoms with Crippen molar-refractivity contribution >= 4 is 87.2 Å². The van der Waals surface area contributed by atoms with Crippen LogP contribution < -0.4 is 0 Å². The topological polar surface area (TPSA) is 45.5 Å². The summed E-state index contributed by atoms with van der Waals surface area (Å²) in [5.74, 6) is 1.89. The number of para-hydroxylation sites is 4. The predicted octanol–water partition coefficient (Wildman–Crippen LogP) is 14.7. The van der Waals surface area contributed by atoms with Gasteiger partial charge in [0.2, 0.25) is 0 Å². The number of aryl methyl sites for hydroxylation is 4. The Morgan fingerprint density at radius 2 is 0.662 bits per heavy atom. The zero-order valence-electron chi connectivity index (χ0n) is 37.0. The average Bonchev–Trinajstić information content (AvgIpc) is 4.13. The van der Waals surface area contributed by atoms with Gasteiger partial charge in [0.25, 0.3) is 0 Å². The molecule has 0 amide bonds. The van der Waals surface area contributed by atoms with Crippen LogP contribution in [0.15, 0.2) is 194 Å². The van der Waals surface area contributed by atoms with Crippen molar-refractivity contribution in [3.63, 3.8) is 0 Å². The largest absolute Gasteiger partial charge is 0.309 e. The van der Waals surface area contributed by atoms with E-state index in [1.54, 1.807) is 0 Å².